The van der Waals surface area contributed by atoms with Crippen molar-refractivity contribution in [3.63, 3.8) is 0 Å². The van der Waals surface area contributed by atoms with Gasteiger partial charge in [0.15, 0.2) is 5.78 Å². The van der Waals surface area contributed by atoms with Gasteiger partial charge in [0.05, 0.1) is 6.61 Å². The number of carbonyl (C=O) groups excluding carboxylic acids is 1. The Morgan fingerprint density at radius 2 is 2.29 bits per heavy atom. The van der Waals surface area contributed by atoms with Crippen LogP contribution in [0.5, 0.6) is 0 Å². The summed E-state index contributed by atoms with van der Waals surface area (Å²) in [5, 5.41) is 12.3. The zero-order valence-electron chi connectivity index (χ0n) is 10.4. The first-order chi connectivity index (χ1) is 8.15. The number of nitrogens with zero attached hydrogens (tertiary/aromatic N) is 1. The van der Waals surface area contributed by atoms with E-state index < -0.39 is 0 Å². The number of ketones is 1. The van der Waals surface area contributed by atoms with Crippen molar-refractivity contribution in [1.82, 2.24) is 10.3 Å². The summed E-state index contributed by atoms with van der Waals surface area (Å²) >= 11 is 0. The zero-order chi connectivity index (χ0) is 12.7. The zero-order valence-corrected chi connectivity index (χ0v) is 10.4. The number of rotatable bonds is 7. The van der Waals surface area contributed by atoms with Crippen LogP contribution >= 0.6 is 0 Å². The molecule has 4 nitrogen and oxygen atoms in total. The minimum Gasteiger partial charge on any atom is -0.395 e. The van der Waals surface area contributed by atoms with Crippen LogP contribution in [0.4, 0.5) is 0 Å². The SMILES string of the molecule is CC(C)C(CO)NCCC(=O)c1cccnc1. The summed E-state index contributed by atoms with van der Waals surface area (Å²) in [7, 11) is 0. The number of hydrogen-bond acceptors (Lipinski definition) is 4. The van der Waals surface area contributed by atoms with Gasteiger partial charge < -0.3 is 10.4 Å². The molecule has 0 spiro atoms. The molecule has 0 bridgehead atoms. The summed E-state index contributed by atoms with van der Waals surface area (Å²) in [6, 6.07) is 3.57. The van der Waals surface area contributed by atoms with E-state index in [0.29, 0.717) is 24.4 Å². The predicted octanol–water partition coefficient (Wildman–Crippen LogP) is 1.26. The fourth-order valence-corrected chi connectivity index (χ4v) is 1.55. The smallest absolute Gasteiger partial charge is 0.165 e. The Hall–Kier alpha value is -1.26. The number of hydrogen-bond donors (Lipinski definition) is 2. The molecule has 1 heterocycles. The molecule has 1 aromatic rings. The average molecular weight is 236 g/mol. The van der Waals surface area contributed by atoms with E-state index in [9.17, 15) is 4.79 Å². The minimum absolute atomic E-state index is 0.0525. The third kappa shape index (κ3) is 4.63. The van der Waals surface area contributed by atoms with Crippen molar-refractivity contribution in [3.05, 3.63) is 30.1 Å². The van der Waals surface area contributed by atoms with E-state index >= 15 is 0 Å². The molecule has 0 fully saturated rings. The number of Topliss-reactive ketones (excluding diaryl/α,β-unsaturated/α-hetero) is 1. The molecule has 0 aliphatic carbocycles. The normalized spacial score (nSPS) is 12.7. The maximum atomic E-state index is 11.7. The first kappa shape index (κ1) is 13.8. The second kappa shape index (κ2) is 7.14. The van der Waals surface area contributed by atoms with Gasteiger partial charge in [-0.1, -0.05) is 13.8 Å². The fraction of sp³-hybridized carbons (Fsp3) is 0.538. The molecule has 17 heavy (non-hydrogen) atoms. The van der Waals surface area contributed by atoms with Crippen LogP contribution in [0.15, 0.2) is 24.5 Å². The number of carbonyl (C=O) groups is 1. The summed E-state index contributed by atoms with van der Waals surface area (Å²) in [6.07, 6.45) is 3.65. The van der Waals surface area contributed by atoms with Crippen molar-refractivity contribution in [2.75, 3.05) is 13.2 Å². The topological polar surface area (TPSA) is 62.2 Å². The first-order valence-electron chi connectivity index (χ1n) is 5.92. The molecule has 1 atom stereocenters. The largest absolute Gasteiger partial charge is 0.395 e. The van der Waals surface area contributed by atoms with Gasteiger partial charge in [0.1, 0.15) is 0 Å². The quantitative estimate of drug-likeness (QED) is 0.700. The molecule has 1 aromatic heterocycles. The van der Waals surface area contributed by atoms with E-state index in [-0.39, 0.29) is 18.4 Å². The molecule has 94 valence electrons. The molecule has 2 N–H and O–H groups in total. The molecule has 1 unspecified atom stereocenters. The van der Waals surface area contributed by atoms with E-state index in [1.54, 1.807) is 24.5 Å². The van der Waals surface area contributed by atoms with Gasteiger partial charge in [-0.15, -0.1) is 0 Å². The summed E-state index contributed by atoms with van der Waals surface area (Å²) in [5.41, 5.74) is 0.638. The second-order valence-electron chi connectivity index (χ2n) is 4.40. The first-order valence-corrected chi connectivity index (χ1v) is 5.92. The Balaban J connectivity index is 2.34. The van der Waals surface area contributed by atoms with E-state index in [1.165, 1.54) is 0 Å². The number of nitrogens with one attached hydrogen (secondary N) is 1. The highest BCUT2D eigenvalue weighted by Gasteiger charge is 2.12. The highest BCUT2D eigenvalue weighted by atomic mass is 16.3. The van der Waals surface area contributed by atoms with Crippen LogP contribution in [0.25, 0.3) is 0 Å². The van der Waals surface area contributed by atoms with Gasteiger partial charge in [-0.05, 0) is 18.1 Å². The molecule has 0 aliphatic rings. The van der Waals surface area contributed by atoms with Gasteiger partial charge in [-0.3, -0.25) is 9.78 Å². The summed E-state index contributed by atoms with van der Waals surface area (Å²) < 4.78 is 0. The summed E-state index contributed by atoms with van der Waals surface area (Å²) in [5.74, 6) is 0.430. The lowest BCUT2D eigenvalue weighted by Crippen LogP contribution is -2.38. The van der Waals surface area contributed by atoms with Crippen molar-refractivity contribution in [2.24, 2.45) is 5.92 Å². The molecular weight excluding hydrogens is 216 g/mol. The highest BCUT2D eigenvalue weighted by Crippen LogP contribution is 2.03. The minimum atomic E-state index is 0.0525. The third-order valence-electron chi connectivity index (χ3n) is 2.74. The Morgan fingerprint density at radius 3 is 2.82 bits per heavy atom. The highest BCUT2D eigenvalue weighted by molar-refractivity contribution is 5.95. The standard InChI is InChI=1S/C13H20N2O2/c1-10(2)12(9-16)15-7-5-13(17)11-4-3-6-14-8-11/h3-4,6,8,10,12,15-16H,5,7,9H2,1-2H3. The second-order valence-corrected chi connectivity index (χ2v) is 4.40. The predicted molar refractivity (Wildman–Crippen MR) is 66.9 cm³/mol. The lowest BCUT2D eigenvalue weighted by atomic mass is 10.0. The van der Waals surface area contributed by atoms with Crippen LogP contribution in [0, 0.1) is 5.92 Å². The number of aliphatic hydroxyl groups is 1. The van der Waals surface area contributed by atoms with Crippen LogP contribution in [0.2, 0.25) is 0 Å². The van der Waals surface area contributed by atoms with E-state index in [0.717, 1.165) is 0 Å². The van der Waals surface area contributed by atoms with Crippen molar-refractivity contribution in [1.29, 1.82) is 0 Å². The van der Waals surface area contributed by atoms with Crippen molar-refractivity contribution < 1.29 is 9.90 Å². The maximum Gasteiger partial charge on any atom is 0.165 e. The molecule has 0 aromatic carbocycles. The van der Waals surface area contributed by atoms with Crippen molar-refractivity contribution in [3.8, 4) is 0 Å². The molecule has 0 saturated heterocycles. The van der Waals surface area contributed by atoms with Crippen LogP contribution in [0.1, 0.15) is 30.6 Å². The van der Waals surface area contributed by atoms with Crippen molar-refractivity contribution in [2.45, 2.75) is 26.3 Å². The number of aromatic nitrogens is 1. The van der Waals surface area contributed by atoms with Crippen molar-refractivity contribution >= 4 is 5.78 Å². The van der Waals surface area contributed by atoms with Crippen LogP contribution in [0.3, 0.4) is 0 Å². The third-order valence-corrected chi connectivity index (χ3v) is 2.74. The van der Waals surface area contributed by atoms with Crippen LogP contribution in [-0.2, 0) is 0 Å². The van der Waals surface area contributed by atoms with Gasteiger partial charge in [-0.25, -0.2) is 0 Å². The summed E-state index contributed by atoms with van der Waals surface area (Å²) in [4.78, 5) is 15.7. The molecule has 0 aliphatic heterocycles. The van der Waals surface area contributed by atoms with Gasteiger partial charge in [0.25, 0.3) is 0 Å². The molecular formula is C13H20N2O2. The fourth-order valence-electron chi connectivity index (χ4n) is 1.55. The Kier molecular flexibility index (Phi) is 5.80. The maximum absolute atomic E-state index is 11.7. The Morgan fingerprint density at radius 1 is 1.53 bits per heavy atom. The summed E-state index contributed by atoms with van der Waals surface area (Å²) in [6.45, 7) is 4.75. The van der Waals surface area contributed by atoms with Gasteiger partial charge in [0.2, 0.25) is 0 Å². The number of aliphatic hydroxyl groups excluding tert-OH is 1. The van der Waals surface area contributed by atoms with E-state index in [2.05, 4.69) is 10.3 Å². The number of pyridine rings is 1. The molecule has 0 radical (unpaired) electrons. The van der Waals surface area contributed by atoms with E-state index in [1.807, 2.05) is 13.8 Å². The Labute approximate surface area is 102 Å². The lowest BCUT2D eigenvalue weighted by Gasteiger charge is -2.19. The van der Waals surface area contributed by atoms with E-state index in [4.69, 9.17) is 5.11 Å². The average Bonchev–Trinajstić information content (AvgIpc) is 2.35. The van der Waals surface area contributed by atoms with Crippen LogP contribution in [-0.4, -0.2) is 35.1 Å². The monoisotopic (exact) mass is 236 g/mol. The van der Waals surface area contributed by atoms with Gasteiger partial charge in [-0.2, -0.15) is 0 Å². The lowest BCUT2D eigenvalue weighted by molar-refractivity contribution is 0.0978. The van der Waals surface area contributed by atoms with Gasteiger partial charge >= 0.3 is 0 Å². The molecule has 4 heteroatoms. The Bertz CT molecular complexity index is 339. The molecule has 0 saturated carbocycles. The molecule has 1 rings (SSSR count). The van der Waals surface area contributed by atoms with Gasteiger partial charge in [0, 0.05) is 37.0 Å². The van der Waals surface area contributed by atoms with Crippen LogP contribution < -0.4 is 5.32 Å². The molecule has 0 amide bonds.